The van der Waals surface area contributed by atoms with Crippen LogP contribution in [0, 0.1) is 5.92 Å². The monoisotopic (exact) mass is 281 g/mol. The van der Waals surface area contributed by atoms with Crippen molar-refractivity contribution >= 4 is 0 Å². The summed E-state index contributed by atoms with van der Waals surface area (Å²) in [5, 5.41) is 14.6. The zero-order chi connectivity index (χ0) is 14.5. The van der Waals surface area contributed by atoms with E-state index in [-0.39, 0.29) is 11.5 Å². The van der Waals surface area contributed by atoms with Crippen LogP contribution < -0.4 is 5.32 Å². The predicted molar refractivity (Wildman–Crippen MR) is 70.7 cm³/mol. The minimum absolute atomic E-state index is 0.137. The summed E-state index contributed by atoms with van der Waals surface area (Å²) in [6.07, 6.45) is 0.319. The molecule has 0 aromatic carbocycles. The minimum atomic E-state index is -2.62. The zero-order valence-corrected chi connectivity index (χ0v) is 11.4. The second-order valence-electron chi connectivity index (χ2n) is 4.87. The lowest BCUT2D eigenvalue weighted by Crippen LogP contribution is -2.19. The van der Waals surface area contributed by atoms with Crippen LogP contribution >= 0.6 is 0 Å². The van der Waals surface area contributed by atoms with Crippen LogP contribution in [0.4, 0.5) is 8.78 Å². The van der Waals surface area contributed by atoms with E-state index in [4.69, 9.17) is 0 Å². The molecule has 0 atom stereocenters. The minimum Gasteiger partial charge on any atom is -0.312 e. The Bertz CT molecular complexity index is 539. The van der Waals surface area contributed by atoms with E-state index in [2.05, 4.69) is 34.5 Å². The predicted octanol–water partition coefficient (Wildman–Crippen LogP) is 2.35. The van der Waals surface area contributed by atoms with Gasteiger partial charge in [-0.15, -0.1) is 5.10 Å². The Morgan fingerprint density at radius 1 is 1.35 bits per heavy atom. The highest BCUT2D eigenvalue weighted by atomic mass is 19.3. The molecule has 1 N–H and O–H groups in total. The fourth-order valence-electron chi connectivity index (χ4n) is 1.85. The highest BCUT2D eigenvalue weighted by Gasteiger charge is 2.21. The Labute approximate surface area is 116 Å². The van der Waals surface area contributed by atoms with Crippen molar-refractivity contribution in [3.05, 3.63) is 35.8 Å². The molecule has 0 aliphatic heterocycles. The summed E-state index contributed by atoms with van der Waals surface area (Å²) in [6, 6.07) is 3.23. The molecule has 0 aliphatic carbocycles. The average Bonchev–Trinajstić information content (AvgIpc) is 2.83. The molecule has 108 valence electrons. The van der Waals surface area contributed by atoms with Gasteiger partial charge in [0.1, 0.15) is 5.69 Å². The number of halogens is 2. The fraction of sp³-hybridized carbons (Fsp3) is 0.462. The summed E-state index contributed by atoms with van der Waals surface area (Å²) in [7, 11) is 0. The molecule has 5 nitrogen and oxygen atoms in total. The van der Waals surface area contributed by atoms with Gasteiger partial charge < -0.3 is 5.32 Å². The van der Waals surface area contributed by atoms with Crippen LogP contribution in [0.2, 0.25) is 0 Å². The molecule has 0 fully saturated rings. The molecule has 2 heterocycles. The SMILES string of the molecule is CC(C)CNCc1cnn(-c2cccnn2)c1C(F)F. The summed E-state index contributed by atoms with van der Waals surface area (Å²) in [5.74, 6) is 0.748. The van der Waals surface area contributed by atoms with Crippen LogP contribution in [0.1, 0.15) is 31.5 Å². The zero-order valence-electron chi connectivity index (χ0n) is 11.4. The van der Waals surface area contributed by atoms with E-state index in [1.165, 1.54) is 12.4 Å². The molecule has 0 aliphatic rings. The maximum atomic E-state index is 13.3. The normalized spacial score (nSPS) is 11.5. The van der Waals surface area contributed by atoms with Gasteiger partial charge in [0.15, 0.2) is 5.82 Å². The van der Waals surface area contributed by atoms with Crippen molar-refractivity contribution in [3.8, 4) is 5.82 Å². The number of rotatable bonds is 6. The van der Waals surface area contributed by atoms with Gasteiger partial charge in [-0.05, 0) is 24.6 Å². The highest BCUT2D eigenvalue weighted by Crippen LogP contribution is 2.24. The lowest BCUT2D eigenvalue weighted by Gasteiger charge is -2.09. The second kappa shape index (κ2) is 6.51. The van der Waals surface area contributed by atoms with Gasteiger partial charge in [0.2, 0.25) is 0 Å². The molecule has 0 saturated carbocycles. The first-order valence-electron chi connectivity index (χ1n) is 6.43. The van der Waals surface area contributed by atoms with E-state index >= 15 is 0 Å². The van der Waals surface area contributed by atoms with Crippen LogP contribution in [0.15, 0.2) is 24.5 Å². The van der Waals surface area contributed by atoms with Crippen molar-refractivity contribution in [1.29, 1.82) is 0 Å². The van der Waals surface area contributed by atoms with Gasteiger partial charge in [0.25, 0.3) is 6.43 Å². The average molecular weight is 281 g/mol. The Morgan fingerprint density at radius 2 is 2.15 bits per heavy atom. The smallest absolute Gasteiger partial charge is 0.280 e. The molecule has 0 radical (unpaired) electrons. The first kappa shape index (κ1) is 14.5. The van der Waals surface area contributed by atoms with Gasteiger partial charge in [-0.3, -0.25) is 0 Å². The molecular weight excluding hydrogens is 264 g/mol. The quantitative estimate of drug-likeness (QED) is 0.883. The molecule has 0 unspecified atom stereocenters. The maximum absolute atomic E-state index is 13.3. The van der Waals surface area contributed by atoms with Crippen molar-refractivity contribution in [2.24, 2.45) is 5.92 Å². The van der Waals surface area contributed by atoms with Crippen molar-refractivity contribution in [2.45, 2.75) is 26.8 Å². The number of nitrogens with zero attached hydrogens (tertiary/aromatic N) is 4. The Morgan fingerprint density at radius 3 is 2.75 bits per heavy atom. The first-order valence-corrected chi connectivity index (χ1v) is 6.43. The van der Waals surface area contributed by atoms with Gasteiger partial charge in [-0.1, -0.05) is 13.8 Å². The van der Waals surface area contributed by atoms with Crippen molar-refractivity contribution in [1.82, 2.24) is 25.3 Å². The first-order chi connectivity index (χ1) is 9.59. The fourth-order valence-corrected chi connectivity index (χ4v) is 1.85. The van der Waals surface area contributed by atoms with Crippen molar-refractivity contribution in [2.75, 3.05) is 6.54 Å². The van der Waals surface area contributed by atoms with E-state index in [0.717, 1.165) is 11.2 Å². The van der Waals surface area contributed by atoms with Gasteiger partial charge in [-0.25, -0.2) is 13.5 Å². The van der Waals surface area contributed by atoms with Crippen LogP contribution in [0.25, 0.3) is 5.82 Å². The van der Waals surface area contributed by atoms with Crippen LogP contribution in [-0.4, -0.2) is 26.5 Å². The molecule has 0 spiro atoms. The molecular formula is C13H17F2N5. The third kappa shape index (κ3) is 3.36. The third-order valence-corrected chi connectivity index (χ3v) is 2.74. The molecule has 7 heteroatoms. The Kier molecular flexibility index (Phi) is 4.73. The summed E-state index contributed by atoms with van der Waals surface area (Å²) >= 11 is 0. The molecule has 2 rings (SSSR count). The lowest BCUT2D eigenvalue weighted by molar-refractivity contribution is 0.141. The number of aromatic nitrogens is 4. The van der Waals surface area contributed by atoms with E-state index in [9.17, 15) is 8.78 Å². The number of nitrogens with one attached hydrogen (secondary N) is 1. The third-order valence-electron chi connectivity index (χ3n) is 2.74. The second-order valence-corrected chi connectivity index (χ2v) is 4.87. The number of hydrogen-bond acceptors (Lipinski definition) is 4. The largest absolute Gasteiger partial charge is 0.312 e. The van der Waals surface area contributed by atoms with Gasteiger partial charge in [-0.2, -0.15) is 10.2 Å². The Balaban J connectivity index is 2.24. The number of hydrogen-bond donors (Lipinski definition) is 1. The van der Waals surface area contributed by atoms with E-state index < -0.39 is 6.43 Å². The number of alkyl halides is 2. The summed E-state index contributed by atoms with van der Waals surface area (Å²) < 4.78 is 27.7. The van der Waals surface area contributed by atoms with Gasteiger partial charge in [0, 0.05) is 18.3 Å². The van der Waals surface area contributed by atoms with Crippen LogP contribution in [0.5, 0.6) is 0 Å². The molecule has 0 bridgehead atoms. The Hall–Kier alpha value is -1.89. The van der Waals surface area contributed by atoms with E-state index in [0.29, 0.717) is 18.0 Å². The summed E-state index contributed by atoms with van der Waals surface area (Å²) in [6.45, 7) is 5.24. The van der Waals surface area contributed by atoms with E-state index in [1.807, 2.05) is 0 Å². The van der Waals surface area contributed by atoms with Crippen LogP contribution in [0.3, 0.4) is 0 Å². The standard InChI is InChI=1S/C13H17F2N5/c1-9(2)6-16-7-10-8-18-20(12(10)13(14)15)11-4-3-5-17-19-11/h3-5,8-9,13,16H,6-7H2,1-2H3. The summed E-state index contributed by atoms with van der Waals surface area (Å²) in [5.41, 5.74) is 0.341. The van der Waals surface area contributed by atoms with Crippen LogP contribution in [-0.2, 0) is 6.54 Å². The van der Waals surface area contributed by atoms with Crippen molar-refractivity contribution < 1.29 is 8.78 Å². The lowest BCUT2D eigenvalue weighted by atomic mass is 10.2. The molecule has 20 heavy (non-hydrogen) atoms. The van der Waals surface area contributed by atoms with Gasteiger partial charge in [0.05, 0.1) is 6.20 Å². The molecule has 2 aromatic heterocycles. The van der Waals surface area contributed by atoms with E-state index in [1.54, 1.807) is 12.1 Å². The maximum Gasteiger partial charge on any atom is 0.280 e. The topological polar surface area (TPSA) is 55.6 Å². The van der Waals surface area contributed by atoms with Crippen molar-refractivity contribution in [3.63, 3.8) is 0 Å². The highest BCUT2D eigenvalue weighted by molar-refractivity contribution is 5.28. The molecule has 2 aromatic rings. The molecule has 0 saturated heterocycles. The molecule has 0 amide bonds. The summed E-state index contributed by atoms with van der Waals surface area (Å²) in [4.78, 5) is 0. The van der Waals surface area contributed by atoms with Gasteiger partial charge >= 0.3 is 0 Å².